The molecule has 1 amide bonds. The summed E-state index contributed by atoms with van der Waals surface area (Å²) >= 11 is 8.26. The minimum atomic E-state index is -0.0398. The molecule has 2 fully saturated rings. The summed E-state index contributed by atoms with van der Waals surface area (Å²) in [5.74, 6) is -0.0398. The second kappa shape index (κ2) is 7.67. The lowest BCUT2D eigenvalue weighted by molar-refractivity contribution is 0.0827. The number of nitrogens with zero attached hydrogens (tertiary/aromatic N) is 1. The Labute approximate surface area is 154 Å². The van der Waals surface area contributed by atoms with Gasteiger partial charge < -0.3 is 10.2 Å². The molecule has 1 aromatic rings. The summed E-state index contributed by atoms with van der Waals surface area (Å²) in [4.78, 5) is 14.8. The molecule has 1 saturated heterocycles. The first-order valence-corrected chi connectivity index (χ1v) is 10.1. The summed E-state index contributed by atoms with van der Waals surface area (Å²) in [6.45, 7) is 2.38. The molecule has 0 aromatic heterocycles. The van der Waals surface area contributed by atoms with E-state index in [1.165, 1.54) is 56.5 Å². The van der Waals surface area contributed by atoms with E-state index in [4.69, 9.17) is 11.6 Å². The molecule has 1 saturated carbocycles. The Bertz CT molecular complexity index is 589. The monoisotopic (exact) mass is 366 g/mol. The number of piperidine rings is 1. The first-order valence-electron chi connectivity index (χ1n) is 8.88. The molecule has 1 heterocycles. The fourth-order valence-corrected chi connectivity index (χ4v) is 5.47. The quantitative estimate of drug-likeness (QED) is 0.857. The molecule has 24 heavy (non-hydrogen) atoms. The number of carbonyl (C=O) groups excluding carboxylic acids is 1. The maximum absolute atomic E-state index is 12.1. The van der Waals surface area contributed by atoms with Crippen molar-refractivity contribution in [3.63, 3.8) is 0 Å². The van der Waals surface area contributed by atoms with Crippen LogP contribution in [0.3, 0.4) is 0 Å². The maximum atomic E-state index is 12.1. The van der Waals surface area contributed by atoms with Crippen molar-refractivity contribution in [3.05, 3.63) is 28.8 Å². The van der Waals surface area contributed by atoms with Crippen molar-refractivity contribution in [2.45, 2.75) is 48.7 Å². The van der Waals surface area contributed by atoms with Crippen molar-refractivity contribution in [3.8, 4) is 0 Å². The van der Waals surface area contributed by atoms with Crippen LogP contribution in [0.2, 0.25) is 5.02 Å². The highest BCUT2D eigenvalue weighted by atomic mass is 35.5. The third kappa shape index (κ3) is 4.09. The summed E-state index contributed by atoms with van der Waals surface area (Å²) in [6, 6.07) is 5.87. The van der Waals surface area contributed by atoms with Gasteiger partial charge in [-0.15, -0.1) is 11.8 Å². The molecular weight excluding hydrogens is 340 g/mol. The average molecular weight is 367 g/mol. The van der Waals surface area contributed by atoms with Crippen LogP contribution in [0.25, 0.3) is 0 Å². The van der Waals surface area contributed by atoms with E-state index < -0.39 is 0 Å². The third-order valence-electron chi connectivity index (χ3n) is 5.54. The third-order valence-corrected chi connectivity index (χ3v) is 7.18. The van der Waals surface area contributed by atoms with Gasteiger partial charge in [-0.3, -0.25) is 4.79 Å². The number of hydrogen-bond acceptors (Lipinski definition) is 3. The van der Waals surface area contributed by atoms with Gasteiger partial charge in [0.05, 0.1) is 10.6 Å². The molecule has 1 N–H and O–H groups in total. The molecule has 3 rings (SSSR count). The minimum absolute atomic E-state index is 0.0398. The van der Waals surface area contributed by atoms with E-state index in [1.807, 2.05) is 30.0 Å². The van der Waals surface area contributed by atoms with E-state index in [-0.39, 0.29) is 5.91 Å². The molecular formula is C19H27ClN2OS. The number of amides is 1. The van der Waals surface area contributed by atoms with Gasteiger partial charge in [0, 0.05) is 24.2 Å². The Morgan fingerprint density at radius 2 is 1.88 bits per heavy atom. The second-order valence-electron chi connectivity index (χ2n) is 7.41. The van der Waals surface area contributed by atoms with Gasteiger partial charge in [0.25, 0.3) is 5.91 Å². The van der Waals surface area contributed by atoms with Crippen molar-refractivity contribution < 1.29 is 4.79 Å². The molecule has 2 aliphatic rings. The standard InChI is InChI=1S/C19H27ClN2OS/c1-22(2)18(23)16-4-3-15(13-17(16)20)24-14-5-7-19(8-6-14)9-11-21-12-10-19/h3-4,13-14,21H,5-12H2,1-2H3. The van der Waals surface area contributed by atoms with Gasteiger partial charge in [-0.05, 0) is 75.2 Å². The van der Waals surface area contributed by atoms with Crippen LogP contribution in [0.15, 0.2) is 23.1 Å². The highest BCUT2D eigenvalue weighted by Gasteiger charge is 2.36. The molecule has 0 unspecified atom stereocenters. The number of halogens is 1. The fraction of sp³-hybridized carbons (Fsp3) is 0.632. The first kappa shape index (κ1) is 18.1. The number of hydrogen-bond donors (Lipinski definition) is 1. The molecule has 1 aromatic carbocycles. The van der Waals surface area contributed by atoms with Crippen LogP contribution in [0.5, 0.6) is 0 Å². The first-order chi connectivity index (χ1) is 11.5. The van der Waals surface area contributed by atoms with Gasteiger partial charge in [0.1, 0.15) is 0 Å². The largest absolute Gasteiger partial charge is 0.345 e. The summed E-state index contributed by atoms with van der Waals surface area (Å²) in [6.07, 6.45) is 7.99. The van der Waals surface area contributed by atoms with Crippen molar-refractivity contribution in [2.75, 3.05) is 27.2 Å². The van der Waals surface area contributed by atoms with E-state index in [0.717, 1.165) is 0 Å². The van der Waals surface area contributed by atoms with E-state index in [1.54, 1.807) is 19.0 Å². The molecule has 3 nitrogen and oxygen atoms in total. The molecule has 132 valence electrons. The van der Waals surface area contributed by atoms with Crippen LogP contribution < -0.4 is 5.32 Å². The fourth-order valence-electron chi connectivity index (χ4n) is 3.95. The van der Waals surface area contributed by atoms with Gasteiger partial charge in [0.2, 0.25) is 0 Å². The zero-order valence-electron chi connectivity index (χ0n) is 14.6. The van der Waals surface area contributed by atoms with Crippen molar-refractivity contribution in [2.24, 2.45) is 5.41 Å². The Morgan fingerprint density at radius 3 is 2.46 bits per heavy atom. The lowest BCUT2D eigenvalue weighted by atomic mass is 9.68. The summed E-state index contributed by atoms with van der Waals surface area (Å²) in [5, 5.41) is 4.72. The van der Waals surface area contributed by atoms with Gasteiger partial charge in [-0.1, -0.05) is 11.6 Å². The van der Waals surface area contributed by atoms with E-state index in [2.05, 4.69) is 5.32 Å². The molecule has 1 aliphatic heterocycles. The number of thioether (sulfide) groups is 1. The van der Waals surface area contributed by atoms with Gasteiger partial charge in [0.15, 0.2) is 0 Å². The smallest absolute Gasteiger partial charge is 0.254 e. The molecule has 1 spiro atoms. The van der Waals surface area contributed by atoms with Gasteiger partial charge >= 0.3 is 0 Å². The highest BCUT2D eigenvalue weighted by molar-refractivity contribution is 8.00. The van der Waals surface area contributed by atoms with Crippen LogP contribution >= 0.6 is 23.4 Å². The number of rotatable bonds is 3. The topological polar surface area (TPSA) is 32.3 Å². The van der Waals surface area contributed by atoms with Crippen LogP contribution in [0.4, 0.5) is 0 Å². The Balaban J connectivity index is 1.59. The summed E-state index contributed by atoms with van der Waals surface area (Å²) in [5.41, 5.74) is 1.20. The molecule has 0 atom stereocenters. The Kier molecular flexibility index (Phi) is 5.78. The Hall–Kier alpha value is -0.710. The number of benzene rings is 1. The second-order valence-corrected chi connectivity index (χ2v) is 9.19. The number of carbonyl (C=O) groups is 1. The van der Waals surface area contributed by atoms with Crippen LogP contribution in [0, 0.1) is 5.41 Å². The number of nitrogens with one attached hydrogen (secondary N) is 1. The van der Waals surface area contributed by atoms with Crippen LogP contribution in [-0.4, -0.2) is 43.2 Å². The zero-order chi connectivity index (χ0) is 17.2. The summed E-state index contributed by atoms with van der Waals surface area (Å²) in [7, 11) is 3.50. The molecule has 1 aliphatic carbocycles. The maximum Gasteiger partial charge on any atom is 0.254 e. The van der Waals surface area contributed by atoms with E-state index in [0.29, 0.717) is 21.3 Å². The minimum Gasteiger partial charge on any atom is -0.345 e. The predicted molar refractivity (Wildman–Crippen MR) is 102 cm³/mol. The van der Waals surface area contributed by atoms with E-state index >= 15 is 0 Å². The van der Waals surface area contributed by atoms with Crippen molar-refractivity contribution in [1.29, 1.82) is 0 Å². The van der Waals surface area contributed by atoms with Gasteiger partial charge in [-0.2, -0.15) is 0 Å². The molecule has 5 heteroatoms. The summed E-state index contributed by atoms with van der Waals surface area (Å²) < 4.78 is 0. The van der Waals surface area contributed by atoms with Crippen molar-refractivity contribution >= 4 is 29.3 Å². The predicted octanol–water partition coefficient (Wildman–Crippen LogP) is 4.45. The zero-order valence-corrected chi connectivity index (χ0v) is 16.2. The average Bonchev–Trinajstić information content (AvgIpc) is 2.57. The SMILES string of the molecule is CN(C)C(=O)c1ccc(SC2CCC3(CCNCC3)CC2)cc1Cl. The van der Waals surface area contributed by atoms with Crippen LogP contribution in [0.1, 0.15) is 48.9 Å². The Morgan fingerprint density at radius 1 is 1.21 bits per heavy atom. The van der Waals surface area contributed by atoms with Crippen molar-refractivity contribution in [1.82, 2.24) is 10.2 Å². The van der Waals surface area contributed by atoms with E-state index in [9.17, 15) is 4.79 Å². The lowest BCUT2D eigenvalue weighted by Gasteiger charge is -2.43. The van der Waals surface area contributed by atoms with Gasteiger partial charge in [-0.25, -0.2) is 0 Å². The lowest BCUT2D eigenvalue weighted by Crippen LogP contribution is -2.39. The molecule has 0 bridgehead atoms. The molecule has 0 radical (unpaired) electrons. The normalized spacial score (nSPS) is 21.0. The highest BCUT2D eigenvalue weighted by Crippen LogP contribution is 2.47. The van der Waals surface area contributed by atoms with Crippen LogP contribution in [-0.2, 0) is 0 Å².